The van der Waals surface area contributed by atoms with Crippen LogP contribution in [0, 0.1) is 34.6 Å². The van der Waals surface area contributed by atoms with Gasteiger partial charge in [0.25, 0.3) is 0 Å². The molecule has 0 saturated heterocycles. The Hall–Kier alpha value is -1.56. The topological polar surface area (TPSA) is 0 Å². The zero-order chi connectivity index (χ0) is 18.2. The van der Waals surface area contributed by atoms with Gasteiger partial charge in [-0.05, 0) is 67.9 Å². The quantitative estimate of drug-likeness (QED) is 0.481. The zero-order valence-corrected chi connectivity index (χ0v) is 17.0. The van der Waals surface area contributed by atoms with E-state index in [2.05, 4.69) is 91.8 Å². The summed E-state index contributed by atoms with van der Waals surface area (Å²) in [4.78, 5) is 0. The first kappa shape index (κ1) is 21.4. The van der Waals surface area contributed by atoms with Gasteiger partial charge in [-0.15, -0.1) is 0 Å². The van der Waals surface area contributed by atoms with Crippen LogP contribution in [0.25, 0.3) is 0 Å². The summed E-state index contributed by atoms with van der Waals surface area (Å²) >= 11 is 0. The first-order chi connectivity index (χ1) is 10.6. The molecule has 0 aromatic heterocycles. The van der Waals surface area contributed by atoms with Gasteiger partial charge in [0.05, 0.1) is 0 Å². The van der Waals surface area contributed by atoms with Gasteiger partial charge < -0.3 is 0 Å². The van der Waals surface area contributed by atoms with Gasteiger partial charge in [-0.3, -0.25) is 0 Å². The van der Waals surface area contributed by atoms with Crippen LogP contribution in [0.2, 0.25) is 0 Å². The number of hydrogen-bond donors (Lipinski definition) is 0. The maximum atomic E-state index is 2.25. The van der Waals surface area contributed by atoms with E-state index in [0.717, 1.165) is 0 Å². The molecular formula is C23H36. The van der Waals surface area contributed by atoms with E-state index in [1.54, 1.807) is 0 Å². The summed E-state index contributed by atoms with van der Waals surface area (Å²) in [7, 11) is 0. The molecule has 0 atom stereocenters. The van der Waals surface area contributed by atoms with Gasteiger partial charge in [0.15, 0.2) is 0 Å². The molecule has 2 rings (SSSR count). The van der Waals surface area contributed by atoms with E-state index in [0.29, 0.717) is 0 Å². The Morgan fingerprint density at radius 1 is 0.652 bits per heavy atom. The monoisotopic (exact) mass is 312 g/mol. The van der Waals surface area contributed by atoms with Crippen molar-refractivity contribution in [3.8, 4) is 0 Å². The van der Waals surface area contributed by atoms with Crippen LogP contribution in [0.1, 0.15) is 68.0 Å². The number of hydrogen-bond acceptors (Lipinski definition) is 0. The predicted octanol–water partition coefficient (Wildman–Crippen LogP) is 7.24. The minimum Gasteiger partial charge on any atom is -0.0683 e. The van der Waals surface area contributed by atoms with Crippen LogP contribution < -0.4 is 0 Å². The highest BCUT2D eigenvalue weighted by molar-refractivity contribution is 5.35. The van der Waals surface area contributed by atoms with Crippen molar-refractivity contribution in [2.75, 3.05) is 0 Å². The Labute approximate surface area is 145 Å². The molecule has 0 spiro atoms. The predicted molar refractivity (Wildman–Crippen MR) is 107 cm³/mol. The van der Waals surface area contributed by atoms with Crippen molar-refractivity contribution < 1.29 is 0 Å². The van der Waals surface area contributed by atoms with E-state index in [-0.39, 0.29) is 5.41 Å². The lowest BCUT2D eigenvalue weighted by Crippen LogP contribution is -2.12. The highest BCUT2D eigenvalue weighted by Crippen LogP contribution is 2.25. The largest absolute Gasteiger partial charge is 0.0683 e. The summed E-state index contributed by atoms with van der Waals surface area (Å²) in [5.74, 6) is 0. The van der Waals surface area contributed by atoms with E-state index < -0.39 is 0 Å². The summed E-state index contributed by atoms with van der Waals surface area (Å²) in [6.07, 6.45) is 0. The highest BCUT2D eigenvalue weighted by Gasteiger charge is 2.15. The molecule has 0 fully saturated rings. The molecule has 128 valence electrons. The third-order valence-electron chi connectivity index (χ3n) is 4.07. The van der Waals surface area contributed by atoms with Crippen LogP contribution in [-0.4, -0.2) is 0 Å². The van der Waals surface area contributed by atoms with Crippen LogP contribution in [-0.2, 0) is 5.41 Å². The number of benzene rings is 2. The van der Waals surface area contributed by atoms with Crippen LogP contribution >= 0.6 is 0 Å². The van der Waals surface area contributed by atoms with Gasteiger partial charge >= 0.3 is 0 Å². The van der Waals surface area contributed by atoms with Crippen molar-refractivity contribution in [2.45, 2.75) is 74.7 Å². The molecular weight excluding hydrogens is 276 g/mol. The Kier molecular flexibility index (Phi) is 8.90. The molecule has 0 bridgehead atoms. The molecule has 0 aliphatic carbocycles. The molecule has 0 unspecified atom stereocenters. The lowest BCUT2D eigenvalue weighted by atomic mass is 9.84. The molecule has 2 aromatic carbocycles. The Morgan fingerprint density at radius 2 is 1.13 bits per heavy atom. The third-order valence-corrected chi connectivity index (χ3v) is 4.07. The smallest absolute Gasteiger partial charge is 0.0129 e. The van der Waals surface area contributed by atoms with Gasteiger partial charge in [-0.25, -0.2) is 0 Å². The lowest BCUT2D eigenvalue weighted by molar-refractivity contribution is 0.586. The fraction of sp³-hybridized carbons (Fsp3) is 0.478. The van der Waals surface area contributed by atoms with E-state index in [9.17, 15) is 0 Å². The standard InChI is InChI=1S/C12H18.C9H12.C2H6/c1-9-6-7-11(10(2)8-9)12(3,4)5;1-7-5-4-6-8(2)9(7)3;1-2/h6-8H,1-5H3;4-6H,1-3H3;1-2H3. The van der Waals surface area contributed by atoms with E-state index in [1.165, 1.54) is 33.4 Å². The Balaban J connectivity index is 0.000000392. The normalized spacial score (nSPS) is 10.2. The molecule has 23 heavy (non-hydrogen) atoms. The second-order valence-electron chi connectivity index (χ2n) is 7.09. The first-order valence-electron chi connectivity index (χ1n) is 8.73. The summed E-state index contributed by atoms with van der Waals surface area (Å²) in [5, 5.41) is 0. The molecule has 0 aliphatic rings. The lowest BCUT2D eigenvalue weighted by Gasteiger charge is -2.21. The van der Waals surface area contributed by atoms with Gasteiger partial charge in [-0.2, -0.15) is 0 Å². The van der Waals surface area contributed by atoms with Crippen molar-refractivity contribution in [2.24, 2.45) is 0 Å². The molecule has 0 heterocycles. The van der Waals surface area contributed by atoms with Gasteiger partial charge in [0.1, 0.15) is 0 Å². The summed E-state index contributed by atoms with van der Waals surface area (Å²) in [6, 6.07) is 13.1. The number of rotatable bonds is 0. The zero-order valence-electron chi connectivity index (χ0n) is 17.0. The highest BCUT2D eigenvalue weighted by atomic mass is 14.2. The van der Waals surface area contributed by atoms with Crippen LogP contribution in [0.5, 0.6) is 0 Å². The van der Waals surface area contributed by atoms with Gasteiger partial charge in [-0.1, -0.05) is 76.6 Å². The minimum atomic E-state index is 0.276. The Morgan fingerprint density at radius 3 is 1.48 bits per heavy atom. The maximum absolute atomic E-state index is 2.25. The number of aryl methyl sites for hydroxylation is 4. The minimum absolute atomic E-state index is 0.276. The van der Waals surface area contributed by atoms with Crippen LogP contribution in [0.15, 0.2) is 36.4 Å². The fourth-order valence-corrected chi connectivity index (χ4v) is 2.55. The fourth-order valence-electron chi connectivity index (χ4n) is 2.55. The molecule has 0 nitrogen and oxygen atoms in total. The first-order valence-corrected chi connectivity index (χ1v) is 8.73. The second kappa shape index (κ2) is 9.55. The molecule has 0 heteroatoms. The van der Waals surface area contributed by atoms with Crippen molar-refractivity contribution in [3.05, 3.63) is 69.8 Å². The molecule has 0 amide bonds. The summed E-state index contributed by atoms with van der Waals surface area (Å²) in [6.45, 7) is 21.5. The van der Waals surface area contributed by atoms with Crippen molar-refractivity contribution in [1.82, 2.24) is 0 Å². The molecule has 2 aromatic rings. The average molecular weight is 313 g/mol. The molecule has 0 aliphatic heterocycles. The molecule has 0 saturated carbocycles. The van der Waals surface area contributed by atoms with Crippen molar-refractivity contribution >= 4 is 0 Å². The molecule has 0 N–H and O–H groups in total. The van der Waals surface area contributed by atoms with E-state index in [1.807, 2.05) is 13.8 Å². The van der Waals surface area contributed by atoms with E-state index in [4.69, 9.17) is 0 Å². The average Bonchev–Trinajstić information content (AvgIpc) is 2.46. The van der Waals surface area contributed by atoms with Crippen LogP contribution in [0.4, 0.5) is 0 Å². The van der Waals surface area contributed by atoms with Gasteiger partial charge in [0.2, 0.25) is 0 Å². The van der Waals surface area contributed by atoms with Crippen molar-refractivity contribution in [1.29, 1.82) is 0 Å². The summed E-state index contributed by atoms with van der Waals surface area (Å²) in [5.41, 5.74) is 8.66. The summed E-state index contributed by atoms with van der Waals surface area (Å²) < 4.78 is 0. The van der Waals surface area contributed by atoms with Crippen molar-refractivity contribution in [3.63, 3.8) is 0 Å². The Bertz CT molecular complexity index is 578. The molecule has 0 radical (unpaired) electrons. The third kappa shape index (κ3) is 7.03. The second-order valence-corrected chi connectivity index (χ2v) is 7.09. The SMILES string of the molecule is CC.Cc1ccc(C(C)(C)C)c(C)c1.Cc1cccc(C)c1C. The van der Waals surface area contributed by atoms with E-state index >= 15 is 0 Å². The van der Waals surface area contributed by atoms with Crippen LogP contribution in [0.3, 0.4) is 0 Å². The maximum Gasteiger partial charge on any atom is -0.0129 e. The van der Waals surface area contributed by atoms with Gasteiger partial charge in [0, 0.05) is 0 Å².